The summed E-state index contributed by atoms with van der Waals surface area (Å²) in [5, 5.41) is 0. The highest BCUT2D eigenvalue weighted by Gasteiger charge is 2.06. The van der Waals surface area contributed by atoms with Gasteiger partial charge in [-0.2, -0.15) is 0 Å². The van der Waals surface area contributed by atoms with Gasteiger partial charge in [0.2, 0.25) is 0 Å². The van der Waals surface area contributed by atoms with Gasteiger partial charge in [0.05, 0.1) is 15.4 Å². The van der Waals surface area contributed by atoms with Crippen LogP contribution in [0.2, 0.25) is 0 Å². The van der Waals surface area contributed by atoms with Crippen molar-refractivity contribution in [2.45, 2.75) is 12.8 Å². The summed E-state index contributed by atoms with van der Waals surface area (Å²) in [5.41, 5.74) is 6.02. The average molecular weight is 289 g/mol. The van der Waals surface area contributed by atoms with Gasteiger partial charge in [0, 0.05) is 6.20 Å². The van der Waals surface area contributed by atoms with E-state index in [2.05, 4.69) is 16.9 Å². The van der Waals surface area contributed by atoms with Crippen LogP contribution in [0.25, 0.3) is 10.6 Å². The SMILES string of the molecule is CN1CCCC1.NC(=O)c1ccc(-c2ccccn2)s1. The van der Waals surface area contributed by atoms with Crippen LogP contribution in [0.5, 0.6) is 0 Å². The molecule has 106 valence electrons. The number of thiophene rings is 1. The number of amides is 1. The summed E-state index contributed by atoms with van der Waals surface area (Å²) in [6.07, 6.45) is 4.55. The van der Waals surface area contributed by atoms with E-state index >= 15 is 0 Å². The molecular formula is C15H19N3OS. The highest BCUT2D eigenvalue weighted by Crippen LogP contribution is 2.25. The van der Waals surface area contributed by atoms with Crippen molar-refractivity contribution >= 4 is 17.2 Å². The summed E-state index contributed by atoms with van der Waals surface area (Å²) >= 11 is 1.36. The molecule has 0 atom stereocenters. The molecule has 2 aromatic heterocycles. The van der Waals surface area contributed by atoms with E-state index in [1.54, 1.807) is 12.3 Å². The van der Waals surface area contributed by atoms with Gasteiger partial charge < -0.3 is 10.6 Å². The lowest BCUT2D eigenvalue weighted by molar-refractivity contribution is 0.100. The Labute approximate surface area is 123 Å². The molecular weight excluding hydrogens is 270 g/mol. The number of rotatable bonds is 2. The molecule has 4 nitrogen and oxygen atoms in total. The third-order valence-corrected chi connectivity index (χ3v) is 4.22. The Bertz CT molecular complexity index is 547. The van der Waals surface area contributed by atoms with E-state index in [0.29, 0.717) is 4.88 Å². The van der Waals surface area contributed by atoms with Crippen molar-refractivity contribution in [1.29, 1.82) is 0 Å². The Morgan fingerprint density at radius 3 is 2.45 bits per heavy atom. The van der Waals surface area contributed by atoms with Gasteiger partial charge in [-0.25, -0.2) is 0 Å². The van der Waals surface area contributed by atoms with Crippen molar-refractivity contribution < 1.29 is 4.79 Å². The van der Waals surface area contributed by atoms with Crippen LogP contribution in [0.15, 0.2) is 36.5 Å². The lowest BCUT2D eigenvalue weighted by Crippen LogP contribution is -2.10. The minimum atomic E-state index is -0.391. The molecule has 0 bridgehead atoms. The van der Waals surface area contributed by atoms with Gasteiger partial charge in [0.1, 0.15) is 0 Å². The third-order valence-electron chi connectivity index (χ3n) is 3.10. The molecule has 0 aromatic carbocycles. The number of carbonyl (C=O) groups excluding carboxylic acids is 1. The molecule has 5 heteroatoms. The number of pyridine rings is 1. The van der Waals surface area contributed by atoms with Crippen LogP contribution in [-0.4, -0.2) is 35.9 Å². The molecule has 1 aliphatic heterocycles. The first-order chi connectivity index (χ1) is 9.66. The third kappa shape index (κ3) is 4.15. The lowest BCUT2D eigenvalue weighted by Gasteiger charge is -2.01. The molecule has 1 fully saturated rings. The van der Waals surface area contributed by atoms with Gasteiger partial charge in [0.25, 0.3) is 5.91 Å². The van der Waals surface area contributed by atoms with Crippen molar-refractivity contribution in [1.82, 2.24) is 9.88 Å². The summed E-state index contributed by atoms with van der Waals surface area (Å²) in [6, 6.07) is 9.23. The predicted molar refractivity (Wildman–Crippen MR) is 82.8 cm³/mol. The minimum Gasteiger partial charge on any atom is -0.365 e. The zero-order chi connectivity index (χ0) is 14.4. The molecule has 0 saturated carbocycles. The summed E-state index contributed by atoms with van der Waals surface area (Å²) < 4.78 is 0. The van der Waals surface area contributed by atoms with Crippen molar-refractivity contribution in [2.75, 3.05) is 20.1 Å². The highest BCUT2D eigenvalue weighted by molar-refractivity contribution is 7.17. The van der Waals surface area contributed by atoms with Gasteiger partial charge >= 0.3 is 0 Å². The van der Waals surface area contributed by atoms with Crippen molar-refractivity contribution in [2.24, 2.45) is 5.73 Å². The van der Waals surface area contributed by atoms with Crippen molar-refractivity contribution in [3.63, 3.8) is 0 Å². The van der Waals surface area contributed by atoms with Crippen LogP contribution in [0.3, 0.4) is 0 Å². The topological polar surface area (TPSA) is 59.2 Å². The maximum Gasteiger partial charge on any atom is 0.258 e. The molecule has 3 rings (SSSR count). The monoisotopic (exact) mass is 289 g/mol. The van der Waals surface area contributed by atoms with Gasteiger partial charge in [-0.05, 0) is 57.2 Å². The lowest BCUT2D eigenvalue weighted by atomic mass is 10.3. The standard InChI is InChI=1S/C10H8N2OS.C5H11N/c11-10(13)9-5-4-8(14-9)7-3-1-2-6-12-7;1-6-4-2-3-5-6/h1-6H,(H2,11,13);2-5H2,1H3. The number of likely N-dealkylation sites (tertiary alicyclic amines) is 1. The van der Waals surface area contributed by atoms with E-state index in [0.717, 1.165) is 10.6 Å². The van der Waals surface area contributed by atoms with E-state index in [1.807, 2.05) is 24.3 Å². The maximum absolute atomic E-state index is 10.9. The fraction of sp³-hybridized carbons (Fsp3) is 0.333. The van der Waals surface area contributed by atoms with Crippen molar-refractivity contribution in [3.05, 3.63) is 41.4 Å². The predicted octanol–water partition coefficient (Wildman–Crippen LogP) is 2.62. The second kappa shape index (κ2) is 7.17. The first-order valence-electron chi connectivity index (χ1n) is 6.66. The molecule has 0 radical (unpaired) electrons. The number of hydrogen-bond donors (Lipinski definition) is 1. The van der Waals surface area contributed by atoms with E-state index in [4.69, 9.17) is 5.73 Å². The van der Waals surface area contributed by atoms with Crippen LogP contribution in [0, 0.1) is 0 Å². The molecule has 3 heterocycles. The van der Waals surface area contributed by atoms with Crippen LogP contribution in [-0.2, 0) is 0 Å². The largest absolute Gasteiger partial charge is 0.365 e. The Balaban J connectivity index is 0.000000205. The van der Waals surface area contributed by atoms with Gasteiger partial charge in [0.15, 0.2) is 0 Å². The van der Waals surface area contributed by atoms with Crippen molar-refractivity contribution in [3.8, 4) is 10.6 Å². The highest BCUT2D eigenvalue weighted by atomic mass is 32.1. The first kappa shape index (κ1) is 14.7. The quantitative estimate of drug-likeness (QED) is 0.924. The Morgan fingerprint density at radius 1 is 1.25 bits per heavy atom. The normalized spacial score (nSPS) is 14.7. The first-order valence-corrected chi connectivity index (χ1v) is 7.48. The summed E-state index contributed by atoms with van der Waals surface area (Å²) in [4.78, 5) is 18.9. The molecule has 0 spiro atoms. The van der Waals surface area contributed by atoms with E-state index in [1.165, 1.54) is 37.3 Å². The summed E-state index contributed by atoms with van der Waals surface area (Å²) in [5.74, 6) is -0.391. The number of carbonyl (C=O) groups is 1. The summed E-state index contributed by atoms with van der Waals surface area (Å²) in [6.45, 7) is 2.64. The molecule has 1 aliphatic rings. The fourth-order valence-corrected chi connectivity index (χ4v) is 2.83. The van der Waals surface area contributed by atoms with Crippen LogP contribution >= 0.6 is 11.3 Å². The number of aromatic nitrogens is 1. The number of hydrogen-bond acceptors (Lipinski definition) is 4. The maximum atomic E-state index is 10.9. The van der Waals surface area contributed by atoms with Gasteiger partial charge in [-0.1, -0.05) is 6.07 Å². The van der Waals surface area contributed by atoms with E-state index < -0.39 is 5.91 Å². The van der Waals surface area contributed by atoms with Gasteiger partial charge in [-0.3, -0.25) is 9.78 Å². The van der Waals surface area contributed by atoms with Crippen LogP contribution in [0.1, 0.15) is 22.5 Å². The molecule has 1 saturated heterocycles. The number of nitrogens with two attached hydrogens (primary N) is 1. The van der Waals surface area contributed by atoms with Crippen LogP contribution in [0.4, 0.5) is 0 Å². The molecule has 2 aromatic rings. The zero-order valence-electron chi connectivity index (χ0n) is 11.6. The Morgan fingerprint density at radius 2 is 2.00 bits per heavy atom. The Kier molecular flexibility index (Phi) is 5.26. The van der Waals surface area contributed by atoms with Gasteiger partial charge in [-0.15, -0.1) is 11.3 Å². The molecule has 0 aliphatic carbocycles. The molecule has 2 N–H and O–H groups in total. The second-order valence-electron chi connectivity index (χ2n) is 4.75. The second-order valence-corrected chi connectivity index (χ2v) is 5.84. The Hall–Kier alpha value is -1.72. The molecule has 0 unspecified atom stereocenters. The van der Waals surface area contributed by atoms with Crippen LogP contribution < -0.4 is 5.73 Å². The summed E-state index contributed by atoms with van der Waals surface area (Å²) in [7, 11) is 2.17. The average Bonchev–Trinajstić information content (AvgIpc) is 3.11. The number of nitrogens with zero attached hydrogens (tertiary/aromatic N) is 2. The van der Waals surface area contributed by atoms with E-state index in [9.17, 15) is 4.79 Å². The van der Waals surface area contributed by atoms with E-state index in [-0.39, 0.29) is 0 Å². The smallest absolute Gasteiger partial charge is 0.258 e. The number of primary amides is 1. The molecule has 20 heavy (non-hydrogen) atoms. The fourth-order valence-electron chi connectivity index (χ4n) is 1.99. The minimum absolute atomic E-state index is 0.391. The molecule has 1 amide bonds. The zero-order valence-corrected chi connectivity index (χ0v) is 12.4.